The van der Waals surface area contributed by atoms with Crippen LogP contribution in [0.5, 0.6) is 0 Å². The first-order chi connectivity index (χ1) is 12.9. The van der Waals surface area contributed by atoms with E-state index in [4.69, 9.17) is 0 Å². The highest BCUT2D eigenvalue weighted by molar-refractivity contribution is 5.91. The number of nitro groups is 1. The van der Waals surface area contributed by atoms with Crippen molar-refractivity contribution in [2.45, 2.75) is 32.7 Å². The number of hydrogen-bond donors (Lipinski definition) is 1. The van der Waals surface area contributed by atoms with Gasteiger partial charge in [-0.15, -0.1) is 5.10 Å². The number of aromatic nitrogens is 3. The molecule has 1 N–H and O–H groups in total. The van der Waals surface area contributed by atoms with Gasteiger partial charge in [0.15, 0.2) is 5.69 Å². The number of hydrogen-bond acceptors (Lipinski definition) is 6. The molecule has 0 bridgehead atoms. The average Bonchev–Trinajstić information content (AvgIpc) is 3.17. The van der Waals surface area contributed by atoms with Crippen LogP contribution >= 0.6 is 0 Å². The molecule has 1 aliphatic heterocycles. The molecule has 1 aliphatic rings. The quantitative estimate of drug-likeness (QED) is 0.614. The van der Waals surface area contributed by atoms with Crippen molar-refractivity contribution < 1.29 is 9.72 Å². The third-order valence-electron chi connectivity index (χ3n) is 5.03. The molecule has 9 heteroatoms. The zero-order valence-corrected chi connectivity index (χ0v) is 15.5. The first-order valence-electron chi connectivity index (χ1n) is 9.13. The Labute approximate surface area is 157 Å². The number of piperidine rings is 1. The van der Waals surface area contributed by atoms with Crippen LogP contribution in [-0.2, 0) is 0 Å². The van der Waals surface area contributed by atoms with Gasteiger partial charge in [-0.05, 0) is 44.8 Å². The molecule has 3 rings (SSSR count). The van der Waals surface area contributed by atoms with Crippen LogP contribution in [0.1, 0.15) is 37.2 Å². The van der Waals surface area contributed by atoms with Gasteiger partial charge in [0.25, 0.3) is 11.6 Å². The minimum atomic E-state index is -0.475. The van der Waals surface area contributed by atoms with E-state index in [2.05, 4.69) is 34.4 Å². The monoisotopic (exact) mass is 372 g/mol. The summed E-state index contributed by atoms with van der Waals surface area (Å²) in [6.07, 6.45) is 3.85. The second-order valence-corrected chi connectivity index (χ2v) is 7.10. The minimum Gasteiger partial charge on any atom is -0.349 e. The van der Waals surface area contributed by atoms with Crippen LogP contribution in [0.2, 0.25) is 0 Å². The molecule has 1 aromatic heterocycles. The van der Waals surface area contributed by atoms with Crippen molar-refractivity contribution in [3.8, 4) is 5.69 Å². The first-order valence-corrected chi connectivity index (χ1v) is 9.13. The third-order valence-corrected chi connectivity index (χ3v) is 5.03. The van der Waals surface area contributed by atoms with Gasteiger partial charge in [0.1, 0.15) is 0 Å². The Morgan fingerprint density at radius 3 is 2.85 bits per heavy atom. The maximum absolute atomic E-state index is 12.4. The SMILES string of the molecule is CC1CCN(C(C)CNC(=O)c2cn(-c3cccc([N+](=O)[O-])c3)nn2)CC1. The fourth-order valence-electron chi connectivity index (χ4n) is 3.17. The molecule has 1 atom stereocenters. The molecule has 27 heavy (non-hydrogen) atoms. The molecule has 2 heterocycles. The van der Waals surface area contributed by atoms with Crippen LogP contribution in [0.25, 0.3) is 5.69 Å². The summed E-state index contributed by atoms with van der Waals surface area (Å²) in [6.45, 7) is 7.03. The van der Waals surface area contributed by atoms with Crippen LogP contribution in [-0.4, -0.2) is 56.4 Å². The fourth-order valence-corrected chi connectivity index (χ4v) is 3.17. The van der Waals surface area contributed by atoms with E-state index < -0.39 is 4.92 Å². The Bertz CT molecular complexity index is 813. The molecule has 1 saturated heterocycles. The molecule has 1 amide bonds. The number of benzene rings is 1. The second kappa shape index (κ2) is 8.26. The maximum atomic E-state index is 12.4. The summed E-state index contributed by atoms with van der Waals surface area (Å²) in [5.74, 6) is 0.468. The summed E-state index contributed by atoms with van der Waals surface area (Å²) in [7, 11) is 0. The van der Waals surface area contributed by atoms with E-state index >= 15 is 0 Å². The second-order valence-electron chi connectivity index (χ2n) is 7.10. The molecule has 9 nitrogen and oxygen atoms in total. The van der Waals surface area contributed by atoms with Gasteiger partial charge < -0.3 is 5.32 Å². The molecule has 0 aliphatic carbocycles. The summed E-state index contributed by atoms with van der Waals surface area (Å²) in [6, 6.07) is 6.28. The molecule has 1 fully saturated rings. The lowest BCUT2D eigenvalue weighted by molar-refractivity contribution is -0.384. The number of nitrogens with zero attached hydrogens (tertiary/aromatic N) is 5. The smallest absolute Gasteiger partial charge is 0.273 e. The lowest BCUT2D eigenvalue weighted by atomic mass is 9.98. The Morgan fingerprint density at radius 2 is 2.15 bits per heavy atom. The molecule has 0 radical (unpaired) electrons. The lowest BCUT2D eigenvalue weighted by Gasteiger charge is -2.34. The number of nitrogens with one attached hydrogen (secondary N) is 1. The van der Waals surface area contributed by atoms with Gasteiger partial charge in [-0.3, -0.25) is 19.8 Å². The van der Waals surface area contributed by atoms with Crippen molar-refractivity contribution in [2.24, 2.45) is 5.92 Å². The molecule has 0 spiro atoms. The van der Waals surface area contributed by atoms with E-state index in [9.17, 15) is 14.9 Å². The van der Waals surface area contributed by atoms with Crippen LogP contribution < -0.4 is 5.32 Å². The zero-order chi connectivity index (χ0) is 19.4. The van der Waals surface area contributed by atoms with E-state index in [0.29, 0.717) is 12.2 Å². The van der Waals surface area contributed by atoms with Crippen LogP contribution in [0.4, 0.5) is 5.69 Å². The van der Waals surface area contributed by atoms with Gasteiger partial charge in [0, 0.05) is 24.7 Å². The number of non-ortho nitro benzene ring substituents is 1. The summed E-state index contributed by atoms with van der Waals surface area (Å²) in [5.41, 5.74) is 0.617. The van der Waals surface area contributed by atoms with Crippen molar-refractivity contribution in [1.82, 2.24) is 25.2 Å². The van der Waals surface area contributed by atoms with Gasteiger partial charge in [-0.1, -0.05) is 18.2 Å². The van der Waals surface area contributed by atoms with E-state index in [1.807, 2.05) is 0 Å². The number of nitro benzene ring substituents is 1. The lowest BCUT2D eigenvalue weighted by Crippen LogP contribution is -2.45. The molecule has 0 saturated carbocycles. The zero-order valence-electron chi connectivity index (χ0n) is 15.5. The average molecular weight is 372 g/mol. The number of likely N-dealkylation sites (tertiary alicyclic amines) is 1. The van der Waals surface area contributed by atoms with Crippen LogP contribution in [0, 0.1) is 16.0 Å². The summed E-state index contributed by atoms with van der Waals surface area (Å²) in [4.78, 5) is 25.2. The summed E-state index contributed by atoms with van der Waals surface area (Å²) >= 11 is 0. The predicted octanol–water partition coefficient (Wildman–Crippen LogP) is 2.03. The summed E-state index contributed by atoms with van der Waals surface area (Å²) in [5, 5.41) is 21.6. The largest absolute Gasteiger partial charge is 0.349 e. The van der Waals surface area contributed by atoms with Gasteiger partial charge >= 0.3 is 0 Å². The van der Waals surface area contributed by atoms with E-state index in [1.54, 1.807) is 12.1 Å². The fraction of sp³-hybridized carbons (Fsp3) is 0.500. The highest BCUT2D eigenvalue weighted by atomic mass is 16.6. The summed E-state index contributed by atoms with van der Waals surface area (Å²) < 4.78 is 1.36. The normalized spacial score (nSPS) is 16.8. The van der Waals surface area contributed by atoms with Gasteiger partial charge in [0.2, 0.25) is 0 Å². The molecular weight excluding hydrogens is 348 g/mol. The van der Waals surface area contributed by atoms with Gasteiger partial charge in [0.05, 0.1) is 16.8 Å². The Kier molecular flexibility index (Phi) is 5.80. The van der Waals surface area contributed by atoms with Crippen molar-refractivity contribution in [2.75, 3.05) is 19.6 Å². The van der Waals surface area contributed by atoms with Gasteiger partial charge in [-0.25, -0.2) is 4.68 Å². The van der Waals surface area contributed by atoms with Crippen molar-refractivity contribution >= 4 is 11.6 Å². The van der Waals surface area contributed by atoms with Crippen LogP contribution in [0.15, 0.2) is 30.5 Å². The molecule has 1 unspecified atom stereocenters. The predicted molar refractivity (Wildman–Crippen MR) is 99.8 cm³/mol. The molecule has 2 aromatic rings. The van der Waals surface area contributed by atoms with E-state index in [1.165, 1.54) is 35.9 Å². The standard InChI is InChI=1S/C18H24N6O3/c1-13-6-8-22(9-7-13)14(2)11-19-18(25)17-12-23(21-20-17)15-4-3-5-16(10-15)24(26)27/h3-5,10,12-14H,6-9,11H2,1-2H3,(H,19,25). The topological polar surface area (TPSA) is 106 Å². The Balaban J connectivity index is 1.58. The maximum Gasteiger partial charge on any atom is 0.273 e. The molecular formula is C18H24N6O3. The molecule has 1 aromatic carbocycles. The van der Waals surface area contributed by atoms with Crippen molar-refractivity contribution in [3.05, 3.63) is 46.3 Å². The third kappa shape index (κ3) is 4.68. The van der Waals surface area contributed by atoms with Crippen molar-refractivity contribution in [3.63, 3.8) is 0 Å². The van der Waals surface area contributed by atoms with Crippen molar-refractivity contribution in [1.29, 1.82) is 0 Å². The highest BCUT2D eigenvalue weighted by Crippen LogP contribution is 2.18. The Hall–Kier alpha value is -2.81. The van der Waals surface area contributed by atoms with Gasteiger partial charge in [-0.2, -0.15) is 0 Å². The first kappa shape index (κ1) is 19.0. The van der Waals surface area contributed by atoms with E-state index in [-0.39, 0.29) is 23.3 Å². The minimum absolute atomic E-state index is 0.0429. The van der Waals surface area contributed by atoms with Crippen LogP contribution in [0.3, 0.4) is 0 Å². The Morgan fingerprint density at radius 1 is 1.41 bits per heavy atom. The number of carbonyl (C=O) groups is 1. The number of rotatable bonds is 6. The number of carbonyl (C=O) groups excluding carboxylic acids is 1. The number of amides is 1. The molecule has 144 valence electrons. The van der Waals surface area contributed by atoms with E-state index in [0.717, 1.165) is 19.0 Å². The highest BCUT2D eigenvalue weighted by Gasteiger charge is 2.21.